The normalized spacial score (nSPS) is 16.6. The molecule has 2 amide bonds. The molecule has 0 bridgehead atoms. The van der Waals surface area contributed by atoms with Crippen molar-refractivity contribution in [2.45, 2.75) is 31.6 Å². The fraction of sp³-hybridized carbons (Fsp3) is 0.458. The fourth-order valence-electron chi connectivity index (χ4n) is 4.98. The molecule has 11 nitrogen and oxygen atoms in total. The maximum Gasteiger partial charge on any atom is 0.407 e. The third kappa shape index (κ3) is 4.58. The molecule has 35 heavy (non-hydrogen) atoms. The van der Waals surface area contributed by atoms with Crippen LogP contribution in [0.1, 0.15) is 47.7 Å². The first-order valence-electron chi connectivity index (χ1n) is 12.0. The van der Waals surface area contributed by atoms with Gasteiger partial charge in [0.2, 0.25) is 5.95 Å². The van der Waals surface area contributed by atoms with E-state index in [2.05, 4.69) is 25.2 Å². The van der Waals surface area contributed by atoms with Gasteiger partial charge in [0.05, 0.1) is 29.1 Å². The number of hydrogen-bond acceptors (Lipinski definition) is 7. The summed E-state index contributed by atoms with van der Waals surface area (Å²) in [6.45, 7) is 2.21. The summed E-state index contributed by atoms with van der Waals surface area (Å²) in [4.78, 5) is 46.1. The second kappa shape index (κ2) is 9.40. The van der Waals surface area contributed by atoms with Gasteiger partial charge < -0.3 is 30.1 Å². The number of aromatic amines is 1. The number of hydrogen-bond donors (Lipinski definition) is 3. The van der Waals surface area contributed by atoms with E-state index in [1.807, 2.05) is 12.1 Å². The van der Waals surface area contributed by atoms with E-state index in [1.54, 1.807) is 31.4 Å². The van der Waals surface area contributed by atoms with Crippen molar-refractivity contribution < 1.29 is 14.7 Å². The molecule has 0 spiro atoms. The van der Waals surface area contributed by atoms with Crippen LogP contribution in [0.5, 0.6) is 0 Å². The van der Waals surface area contributed by atoms with E-state index in [9.17, 15) is 9.59 Å². The highest BCUT2D eigenvalue weighted by Gasteiger charge is 2.29. The van der Waals surface area contributed by atoms with Crippen molar-refractivity contribution in [3.63, 3.8) is 0 Å². The van der Waals surface area contributed by atoms with Crippen LogP contribution in [-0.4, -0.2) is 87.1 Å². The average Bonchev–Trinajstić information content (AvgIpc) is 3.51. The van der Waals surface area contributed by atoms with Crippen molar-refractivity contribution in [2.75, 3.05) is 50.5 Å². The standard InChI is InChI=1S/C24H30N8O3/c1-30(2)22(33)21-19(15-5-3-4-6-15)20-17(27-21)14-26-23(29-20)28-18-8-7-16(13-25-18)31-9-11-32(12-10-31)24(34)35/h7-8,13-15,27H,3-6,9-12H2,1-2H3,(H,34,35)(H,25,26,28,29). The zero-order chi connectivity index (χ0) is 24.5. The number of pyridine rings is 1. The van der Waals surface area contributed by atoms with E-state index in [0.717, 1.165) is 48.0 Å². The summed E-state index contributed by atoms with van der Waals surface area (Å²) in [5, 5.41) is 12.3. The number of amides is 2. The SMILES string of the molecule is CN(C)C(=O)c1[nH]c2cnc(Nc3ccc(N4CCN(C(=O)O)CC4)cn3)nc2c1C1CCCC1. The molecule has 1 aliphatic carbocycles. The number of piperazine rings is 1. The molecular weight excluding hydrogens is 448 g/mol. The Labute approximate surface area is 203 Å². The quantitative estimate of drug-likeness (QED) is 0.509. The van der Waals surface area contributed by atoms with Crippen LogP contribution < -0.4 is 10.2 Å². The first-order valence-corrected chi connectivity index (χ1v) is 12.0. The Morgan fingerprint density at radius 1 is 1.09 bits per heavy atom. The maximum absolute atomic E-state index is 12.9. The Morgan fingerprint density at radius 3 is 2.46 bits per heavy atom. The van der Waals surface area contributed by atoms with E-state index in [1.165, 1.54) is 4.90 Å². The lowest BCUT2D eigenvalue weighted by Gasteiger charge is -2.34. The Bertz CT molecular complexity index is 1230. The number of carbonyl (C=O) groups excluding carboxylic acids is 1. The third-order valence-corrected chi connectivity index (χ3v) is 6.86. The molecule has 0 atom stereocenters. The summed E-state index contributed by atoms with van der Waals surface area (Å²) in [5.41, 5.74) is 4.08. The van der Waals surface area contributed by atoms with Gasteiger partial charge in [-0.3, -0.25) is 4.79 Å². The van der Waals surface area contributed by atoms with Crippen LogP contribution in [-0.2, 0) is 0 Å². The van der Waals surface area contributed by atoms with E-state index < -0.39 is 6.09 Å². The number of H-pyrrole nitrogens is 1. The van der Waals surface area contributed by atoms with Gasteiger partial charge in [-0.25, -0.2) is 19.7 Å². The summed E-state index contributed by atoms with van der Waals surface area (Å²) in [6, 6.07) is 3.82. The molecule has 3 N–H and O–H groups in total. The first-order chi connectivity index (χ1) is 16.9. The summed E-state index contributed by atoms with van der Waals surface area (Å²) < 4.78 is 0. The average molecular weight is 479 g/mol. The highest BCUT2D eigenvalue weighted by molar-refractivity contribution is 6.00. The van der Waals surface area contributed by atoms with Gasteiger partial charge in [-0.15, -0.1) is 0 Å². The molecule has 2 fully saturated rings. The number of aromatic nitrogens is 4. The summed E-state index contributed by atoms with van der Waals surface area (Å²) in [7, 11) is 3.51. The minimum atomic E-state index is -0.879. The lowest BCUT2D eigenvalue weighted by atomic mass is 9.96. The molecule has 2 aliphatic rings. The van der Waals surface area contributed by atoms with Crippen molar-refractivity contribution in [2.24, 2.45) is 0 Å². The van der Waals surface area contributed by atoms with Gasteiger partial charge in [0.25, 0.3) is 5.91 Å². The molecule has 1 saturated carbocycles. The fourth-order valence-corrected chi connectivity index (χ4v) is 4.98. The summed E-state index contributed by atoms with van der Waals surface area (Å²) >= 11 is 0. The molecule has 0 unspecified atom stereocenters. The lowest BCUT2D eigenvalue weighted by Crippen LogP contribution is -2.48. The minimum absolute atomic E-state index is 0.0548. The van der Waals surface area contributed by atoms with Gasteiger partial charge >= 0.3 is 6.09 Å². The zero-order valence-corrected chi connectivity index (χ0v) is 20.0. The number of anilines is 3. The Hall–Kier alpha value is -3.89. The number of fused-ring (bicyclic) bond motifs is 1. The van der Waals surface area contributed by atoms with Crippen molar-refractivity contribution >= 4 is 40.5 Å². The van der Waals surface area contributed by atoms with Gasteiger partial charge in [0.15, 0.2) is 0 Å². The largest absolute Gasteiger partial charge is 0.465 e. The van der Waals surface area contributed by atoms with Crippen LogP contribution in [0.25, 0.3) is 11.0 Å². The Kier molecular flexibility index (Phi) is 6.14. The maximum atomic E-state index is 12.9. The van der Waals surface area contributed by atoms with Crippen molar-refractivity contribution in [3.05, 3.63) is 35.8 Å². The Morgan fingerprint density at radius 2 is 1.83 bits per heavy atom. The molecule has 0 aromatic carbocycles. The molecule has 4 heterocycles. The second-order valence-corrected chi connectivity index (χ2v) is 9.33. The predicted octanol–water partition coefficient (Wildman–Crippen LogP) is 3.26. The van der Waals surface area contributed by atoms with Crippen molar-refractivity contribution in [1.29, 1.82) is 0 Å². The molecule has 1 saturated heterocycles. The van der Waals surface area contributed by atoms with Gasteiger partial charge in [-0.2, -0.15) is 0 Å². The number of nitrogens with zero attached hydrogens (tertiary/aromatic N) is 6. The Balaban J connectivity index is 1.36. The zero-order valence-electron chi connectivity index (χ0n) is 20.0. The van der Waals surface area contributed by atoms with E-state index in [4.69, 9.17) is 10.1 Å². The second-order valence-electron chi connectivity index (χ2n) is 9.33. The topological polar surface area (TPSA) is 131 Å². The number of carbonyl (C=O) groups is 2. The van der Waals surface area contributed by atoms with Gasteiger partial charge in [-0.1, -0.05) is 12.8 Å². The molecule has 3 aromatic rings. The van der Waals surface area contributed by atoms with Crippen LogP contribution in [0.3, 0.4) is 0 Å². The van der Waals surface area contributed by atoms with Crippen LogP contribution in [0.2, 0.25) is 0 Å². The van der Waals surface area contributed by atoms with Crippen molar-refractivity contribution in [3.8, 4) is 0 Å². The molecule has 5 rings (SSSR count). The summed E-state index contributed by atoms with van der Waals surface area (Å²) in [5.74, 6) is 1.29. The summed E-state index contributed by atoms with van der Waals surface area (Å²) in [6.07, 6.45) is 7.03. The molecule has 0 radical (unpaired) electrons. The van der Waals surface area contributed by atoms with Crippen molar-refractivity contribution in [1.82, 2.24) is 29.7 Å². The molecule has 3 aromatic heterocycles. The first kappa shape index (κ1) is 22.9. The van der Waals surface area contributed by atoms with E-state index in [-0.39, 0.29) is 5.91 Å². The molecule has 11 heteroatoms. The minimum Gasteiger partial charge on any atom is -0.465 e. The van der Waals surface area contributed by atoms with Gasteiger partial charge in [0.1, 0.15) is 11.5 Å². The van der Waals surface area contributed by atoms with Crippen LogP contribution in [0.4, 0.5) is 22.2 Å². The lowest BCUT2D eigenvalue weighted by molar-refractivity contribution is 0.0821. The molecular formula is C24H30N8O3. The number of carboxylic acid groups (broad SMARTS) is 1. The van der Waals surface area contributed by atoms with Gasteiger partial charge in [0, 0.05) is 45.8 Å². The van der Waals surface area contributed by atoms with E-state index >= 15 is 0 Å². The van der Waals surface area contributed by atoms with Crippen LogP contribution in [0.15, 0.2) is 24.5 Å². The highest BCUT2D eigenvalue weighted by Crippen LogP contribution is 2.39. The number of nitrogens with one attached hydrogen (secondary N) is 2. The molecule has 1 aliphatic heterocycles. The van der Waals surface area contributed by atoms with E-state index in [0.29, 0.717) is 49.6 Å². The third-order valence-electron chi connectivity index (χ3n) is 6.86. The van der Waals surface area contributed by atoms with Crippen LogP contribution in [0, 0.1) is 0 Å². The smallest absolute Gasteiger partial charge is 0.407 e. The molecule has 184 valence electrons. The number of rotatable bonds is 5. The van der Waals surface area contributed by atoms with Gasteiger partial charge in [-0.05, 0) is 30.9 Å². The predicted molar refractivity (Wildman–Crippen MR) is 132 cm³/mol. The highest BCUT2D eigenvalue weighted by atomic mass is 16.4. The monoisotopic (exact) mass is 478 g/mol. The van der Waals surface area contributed by atoms with Crippen LogP contribution >= 0.6 is 0 Å².